The van der Waals surface area contributed by atoms with Crippen molar-refractivity contribution >= 4 is 38.7 Å². The molecule has 3 fully saturated rings. The maximum absolute atomic E-state index is 14.5. The molecule has 2 amide bonds. The number of nitrogens with one attached hydrogen (secondary N) is 1. The van der Waals surface area contributed by atoms with Gasteiger partial charge in [0.25, 0.3) is 0 Å². The lowest BCUT2D eigenvalue weighted by atomic mass is 9.90. The molecule has 1 N–H and O–H groups in total. The molecule has 3 heterocycles. The first-order valence-corrected chi connectivity index (χ1v) is 19.0. The number of allylic oxidation sites excluding steroid dienone is 2. The van der Waals surface area contributed by atoms with Crippen molar-refractivity contribution in [1.29, 1.82) is 0 Å². The Kier molecular flexibility index (Phi) is 9.06. The third-order valence-corrected chi connectivity index (χ3v) is 13.2. The van der Waals surface area contributed by atoms with Crippen molar-refractivity contribution in [3.63, 3.8) is 0 Å². The molecule has 0 bridgehead atoms. The van der Waals surface area contributed by atoms with Crippen LogP contribution in [0, 0.1) is 17.3 Å². The number of hydrogen-bond acceptors (Lipinski definition) is 8. The number of amides is 2. The van der Waals surface area contributed by atoms with Crippen molar-refractivity contribution in [3.05, 3.63) is 78.5 Å². The lowest BCUT2D eigenvalue weighted by Crippen LogP contribution is -2.47. The summed E-state index contributed by atoms with van der Waals surface area (Å²) in [7, 11) is -3.88. The number of carbonyl (C=O) groups excluding carboxylic acids is 3. The van der Waals surface area contributed by atoms with Crippen LogP contribution in [0.5, 0.6) is 5.88 Å². The number of benzene rings is 2. The highest BCUT2D eigenvalue weighted by molar-refractivity contribution is 7.91. The molecule has 2 aromatic carbocycles. The van der Waals surface area contributed by atoms with Crippen molar-refractivity contribution in [1.82, 2.24) is 19.6 Å². The van der Waals surface area contributed by atoms with E-state index in [2.05, 4.69) is 20.8 Å². The van der Waals surface area contributed by atoms with Crippen LogP contribution in [0.2, 0.25) is 0 Å². The highest BCUT2D eigenvalue weighted by Gasteiger charge is 2.62. The molecule has 0 unspecified atom stereocenters. The minimum Gasteiger partial charge on any atom is -0.471 e. The number of ketones is 1. The average Bonchev–Trinajstić information content (AvgIpc) is 3.97. The Morgan fingerprint density at radius 3 is 2.55 bits per heavy atom. The minimum atomic E-state index is -3.88. The molecular formula is C38H44N4O6S. The maximum Gasteiger partial charge on any atom is 0.240 e. The zero-order chi connectivity index (χ0) is 34.2. The molecule has 10 nitrogen and oxygen atoms in total. The zero-order valence-corrected chi connectivity index (χ0v) is 28.7. The molecule has 1 aromatic heterocycles. The third kappa shape index (κ3) is 7.00. The maximum atomic E-state index is 14.5. The van der Waals surface area contributed by atoms with E-state index in [0.29, 0.717) is 43.5 Å². The van der Waals surface area contributed by atoms with E-state index in [1.165, 1.54) is 0 Å². The van der Waals surface area contributed by atoms with E-state index in [9.17, 15) is 22.8 Å². The summed E-state index contributed by atoms with van der Waals surface area (Å²) in [5, 5.41) is 0. The lowest BCUT2D eigenvalue weighted by Gasteiger charge is -2.29. The molecule has 49 heavy (non-hydrogen) atoms. The van der Waals surface area contributed by atoms with E-state index >= 15 is 0 Å². The SMILES string of the molecule is CC1(S(=O)(=O)NC(=O)[C@]23CC(=O)[C@@H]4C[C@@H](Oc5cnc6ccccc6n5)CN4C(=O)[C@@H](Cc4ccccc4)CCCCC/C=C\[C@@H]2C3)CC1. The number of para-hydroxylation sites is 2. The first kappa shape index (κ1) is 33.4. The Morgan fingerprint density at radius 1 is 1.02 bits per heavy atom. The number of sulfonamides is 1. The summed E-state index contributed by atoms with van der Waals surface area (Å²) in [6, 6.07) is 16.6. The smallest absolute Gasteiger partial charge is 0.240 e. The van der Waals surface area contributed by atoms with Gasteiger partial charge in [-0.25, -0.2) is 18.4 Å². The Morgan fingerprint density at radius 2 is 1.78 bits per heavy atom. The summed E-state index contributed by atoms with van der Waals surface area (Å²) >= 11 is 0. The van der Waals surface area contributed by atoms with Crippen LogP contribution in [-0.4, -0.2) is 64.3 Å². The summed E-state index contributed by atoms with van der Waals surface area (Å²) in [5.74, 6) is -1.23. The summed E-state index contributed by atoms with van der Waals surface area (Å²) < 4.78 is 33.9. The van der Waals surface area contributed by atoms with E-state index in [4.69, 9.17) is 4.74 Å². The minimum absolute atomic E-state index is 0.0963. The first-order chi connectivity index (χ1) is 23.6. The third-order valence-electron chi connectivity index (χ3n) is 11.0. The normalized spacial score (nSPS) is 29.2. The molecule has 0 spiro atoms. The molecule has 4 aliphatic rings. The number of aromatic nitrogens is 2. The summed E-state index contributed by atoms with van der Waals surface area (Å²) in [6.07, 6.45) is 11.4. The largest absolute Gasteiger partial charge is 0.471 e. The predicted octanol–water partition coefficient (Wildman–Crippen LogP) is 5.32. The monoisotopic (exact) mass is 684 g/mol. The summed E-state index contributed by atoms with van der Waals surface area (Å²) in [5.41, 5.74) is 1.30. The summed E-state index contributed by atoms with van der Waals surface area (Å²) in [6.45, 7) is 1.84. The number of hydrogen-bond donors (Lipinski definition) is 1. The Hall–Kier alpha value is -4.12. The second kappa shape index (κ2) is 13.3. The molecule has 3 aromatic rings. The van der Waals surface area contributed by atoms with Gasteiger partial charge in [0.05, 0.1) is 40.0 Å². The number of fused-ring (bicyclic) bond motifs is 3. The van der Waals surface area contributed by atoms with Gasteiger partial charge in [-0.2, -0.15) is 0 Å². The molecule has 0 radical (unpaired) electrons. The van der Waals surface area contributed by atoms with Crippen molar-refractivity contribution < 1.29 is 27.5 Å². The molecule has 2 saturated carbocycles. The van der Waals surface area contributed by atoms with Crippen molar-refractivity contribution in [2.75, 3.05) is 6.54 Å². The fourth-order valence-corrected chi connectivity index (χ4v) is 8.82. The molecule has 11 heteroatoms. The van der Waals surface area contributed by atoms with Crippen LogP contribution in [0.15, 0.2) is 72.9 Å². The van der Waals surface area contributed by atoms with Crippen LogP contribution < -0.4 is 9.46 Å². The Labute approximate surface area is 287 Å². The Bertz CT molecular complexity index is 1880. The highest BCUT2D eigenvalue weighted by Crippen LogP contribution is 2.57. The highest BCUT2D eigenvalue weighted by atomic mass is 32.2. The molecular weight excluding hydrogens is 641 g/mol. The summed E-state index contributed by atoms with van der Waals surface area (Å²) in [4.78, 5) is 53.5. The molecule has 7 rings (SSSR count). The van der Waals surface area contributed by atoms with Gasteiger partial charge in [-0.05, 0) is 75.5 Å². The predicted molar refractivity (Wildman–Crippen MR) is 185 cm³/mol. The average molecular weight is 685 g/mol. The number of rotatable bonds is 7. The quantitative estimate of drug-likeness (QED) is 0.331. The Balaban J connectivity index is 1.18. The van der Waals surface area contributed by atoms with Gasteiger partial charge in [0.1, 0.15) is 6.10 Å². The van der Waals surface area contributed by atoms with E-state index < -0.39 is 38.2 Å². The number of nitrogens with zero attached hydrogens (tertiary/aromatic N) is 3. The molecule has 5 atom stereocenters. The van der Waals surface area contributed by atoms with E-state index in [-0.39, 0.29) is 42.9 Å². The standard InChI is InChI=1S/C38H44N4O6S/c1-37(18-19-37)49(46,47)41-36(45)38-22-28(38)15-9-4-2-3-8-14-27(20-26-12-6-5-7-13-26)35(44)42-25-29(21-32(42)33(43)23-38)48-34-24-39-30-16-10-11-17-31(30)40-34/h5-7,9-13,15-17,24,27-29,32H,2-4,8,14,18-23,25H2,1H3,(H,41,45)/b15-9-/t27-,28-,29-,32+,38-/m1/s1. The van der Waals surface area contributed by atoms with Crippen molar-refractivity contribution in [2.45, 2.75) is 94.4 Å². The fourth-order valence-electron chi connectivity index (χ4n) is 7.49. The van der Waals surface area contributed by atoms with Crippen LogP contribution >= 0.6 is 0 Å². The van der Waals surface area contributed by atoms with Crippen LogP contribution in [0.4, 0.5) is 0 Å². The van der Waals surface area contributed by atoms with Crippen LogP contribution in [0.3, 0.4) is 0 Å². The topological polar surface area (TPSA) is 136 Å². The van der Waals surface area contributed by atoms with Gasteiger partial charge < -0.3 is 9.64 Å². The fraction of sp³-hybridized carbons (Fsp3) is 0.500. The lowest BCUT2D eigenvalue weighted by molar-refractivity contribution is -0.142. The van der Waals surface area contributed by atoms with E-state index in [1.807, 2.05) is 60.7 Å². The second-order valence-electron chi connectivity index (χ2n) is 14.6. The number of Topliss-reactive ketones (excluding diaryl/α,β-unsaturated/α-hetero) is 1. The van der Waals surface area contributed by atoms with Gasteiger partial charge in [-0.1, -0.05) is 67.5 Å². The number of carbonyl (C=O) groups is 3. The van der Waals surface area contributed by atoms with Crippen molar-refractivity contribution in [2.24, 2.45) is 17.3 Å². The van der Waals surface area contributed by atoms with Gasteiger partial charge in [0.15, 0.2) is 5.78 Å². The van der Waals surface area contributed by atoms with Gasteiger partial charge in [0.2, 0.25) is 27.7 Å². The van der Waals surface area contributed by atoms with Gasteiger partial charge in [0, 0.05) is 18.8 Å². The molecule has 1 saturated heterocycles. The molecule has 258 valence electrons. The molecule has 2 aliphatic heterocycles. The van der Waals surface area contributed by atoms with Crippen LogP contribution in [-0.2, 0) is 30.8 Å². The van der Waals surface area contributed by atoms with Gasteiger partial charge in [-0.3, -0.25) is 19.1 Å². The van der Waals surface area contributed by atoms with Crippen molar-refractivity contribution in [3.8, 4) is 5.88 Å². The molecule has 2 aliphatic carbocycles. The van der Waals surface area contributed by atoms with E-state index in [0.717, 1.165) is 36.8 Å². The van der Waals surface area contributed by atoms with Crippen LogP contribution in [0.1, 0.15) is 76.7 Å². The first-order valence-electron chi connectivity index (χ1n) is 17.6. The zero-order valence-electron chi connectivity index (χ0n) is 27.9. The van der Waals surface area contributed by atoms with Crippen LogP contribution in [0.25, 0.3) is 11.0 Å². The number of ether oxygens (including phenoxy) is 1. The van der Waals surface area contributed by atoms with Gasteiger partial charge >= 0.3 is 0 Å². The second-order valence-corrected chi connectivity index (χ2v) is 16.8. The van der Waals surface area contributed by atoms with Gasteiger partial charge in [-0.15, -0.1) is 0 Å². The van der Waals surface area contributed by atoms with E-state index in [1.54, 1.807) is 18.0 Å².